The first-order valence-corrected chi connectivity index (χ1v) is 8.54. The highest BCUT2D eigenvalue weighted by atomic mass is 15.2. The second-order valence-corrected chi connectivity index (χ2v) is 6.13. The third-order valence-electron chi connectivity index (χ3n) is 4.67. The molecular weight excluding hydrogens is 272 g/mol. The Balaban J connectivity index is 1.99. The van der Waals surface area contributed by atoms with Gasteiger partial charge in [-0.2, -0.15) is 0 Å². The second kappa shape index (κ2) is 8.18. The van der Waals surface area contributed by atoms with E-state index in [0.29, 0.717) is 6.04 Å². The Morgan fingerprint density at radius 1 is 1.23 bits per heavy atom. The minimum absolute atomic E-state index is 0.0803. The van der Waals surface area contributed by atoms with Crippen LogP contribution in [-0.2, 0) is 0 Å². The van der Waals surface area contributed by atoms with Gasteiger partial charge in [-0.1, -0.05) is 44.2 Å². The van der Waals surface area contributed by atoms with Crippen molar-refractivity contribution in [1.82, 2.24) is 16.0 Å². The minimum Gasteiger partial charge on any atom is -0.356 e. The second-order valence-electron chi connectivity index (χ2n) is 6.13. The van der Waals surface area contributed by atoms with Crippen molar-refractivity contribution in [2.24, 2.45) is 4.99 Å². The van der Waals surface area contributed by atoms with Gasteiger partial charge < -0.3 is 16.0 Å². The molecule has 2 rings (SSSR count). The number of aliphatic imine (C=N–C) groups is 1. The molecule has 0 spiro atoms. The van der Waals surface area contributed by atoms with Gasteiger partial charge in [0, 0.05) is 31.2 Å². The van der Waals surface area contributed by atoms with Crippen LogP contribution in [0.15, 0.2) is 35.3 Å². The molecule has 1 unspecified atom stereocenters. The Bertz CT molecular complexity index is 465. The van der Waals surface area contributed by atoms with Crippen LogP contribution in [0.3, 0.4) is 0 Å². The van der Waals surface area contributed by atoms with E-state index in [4.69, 9.17) is 0 Å². The van der Waals surface area contributed by atoms with E-state index in [1.165, 1.54) is 5.56 Å². The third kappa shape index (κ3) is 4.47. The van der Waals surface area contributed by atoms with E-state index in [2.05, 4.69) is 72.0 Å². The van der Waals surface area contributed by atoms with Gasteiger partial charge in [-0.3, -0.25) is 4.99 Å². The first-order valence-electron chi connectivity index (χ1n) is 8.54. The van der Waals surface area contributed by atoms with Crippen molar-refractivity contribution in [3.8, 4) is 0 Å². The SMILES string of the molecule is CCC(CC)(CNC1=NCCCN1)NC(C)c1ccccc1. The van der Waals surface area contributed by atoms with E-state index in [1.807, 2.05) is 0 Å². The maximum atomic E-state index is 4.51. The van der Waals surface area contributed by atoms with Crippen molar-refractivity contribution in [3.05, 3.63) is 35.9 Å². The Kier molecular flexibility index (Phi) is 6.25. The lowest BCUT2D eigenvalue weighted by Gasteiger charge is -2.37. The van der Waals surface area contributed by atoms with Gasteiger partial charge in [-0.25, -0.2) is 0 Å². The molecule has 0 aliphatic carbocycles. The van der Waals surface area contributed by atoms with Crippen LogP contribution in [0.25, 0.3) is 0 Å². The summed E-state index contributed by atoms with van der Waals surface area (Å²) in [4.78, 5) is 4.51. The molecule has 0 radical (unpaired) electrons. The van der Waals surface area contributed by atoms with Gasteiger partial charge in [0.1, 0.15) is 0 Å². The number of benzene rings is 1. The van der Waals surface area contributed by atoms with Crippen LogP contribution in [0.5, 0.6) is 0 Å². The molecule has 1 aromatic carbocycles. The molecule has 0 amide bonds. The van der Waals surface area contributed by atoms with Crippen LogP contribution >= 0.6 is 0 Å². The molecule has 22 heavy (non-hydrogen) atoms. The highest BCUT2D eigenvalue weighted by Gasteiger charge is 2.28. The largest absolute Gasteiger partial charge is 0.356 e. The lowest BCUT2D eigenvalue weighted by molar-refractivity contribution is 0.271. The molecule has 4 nitrogen and oxygen atoms in total. The van der Waals surface area contributed by atoms with Gasteiger partial charge in [0.05, 0.1) is 0 Å². The van der Waals surface area contributed by atoms with Crippen molar-refractivity contribution >= 4 is 5.96 Å². The molecule has 0 saturated carbocycles. The molecule has 0 bridgehead atoms. The number of guanidine groups is 1. The number of rotatable bonds is 7. The summed E-state index contributed by atoms with van der Waals surface area (Å²) >= 11 is 0. The van der Waals surface area contributed by atoms with Gasteiger partial charge in [0.2, 0.25) is 0 Å². The minimum atomic E-state index is 0.0803. The summed E-state index contributed by atoms with van der Waals surface area (Å²) in [7, 11) is 0. The number of nitrogens with zero attached hydrogens (tertiary/aromatic N) is 1. The van der Waals surface area contributed by atoms with Crippen LogP contribution in [-0.4, -0.2) is 31.1 Å². The number of hydrogen-bond donors (Lipinski definition) is 3. The molecule has 1 aliphatic heterocycles. The van der Waals surface area contributed by atoms with Crippen molar-refractivity contribution in [3.63, 3.8) is 0 Å². The monoisotopic (exact) mass is 302 g/mol. The Hall–Kier alpha value is -1.55. The summed E-state index contributed by atoms with van der Waals surface area (Å²) in [6, 6.07) is 11.0. The molecule has 0 saturated heterocycles. The van der Waals surface area contributed by atoms with Gasteiger partial charge in [-0.05, 0) is 31.7 Å². The summed E-state index contributed by atoms with van der Waals surface area (Å²) in [6.45, 7) is 9.59. The van der Waals surface area contributed by atoms with E-state index in [9.17, 15) is 0 Å². The van der Waals surface area contributed by atoms with Crippen molar-refractivity contribution in [2.75, 3.05) is 19.6 Å². The quantitative estimate of drug-likeness (QED) is 0.726. The summed E-state index contributed by atoms with van der Waals surface area (Å²) in [5, 5.41) is 10.7. The predicted molar refractivity (Wildman–Crippen MR) is 94.2 cm³/mol. The molecule has 3 N–H and O–H groups in total. The zero-order valence-electron chi connectivity index (χ0n) is 14.2. The molecule has 0 aromatic heterocycles. The summed E-state index contributed by atoms with van der Waals surface area (Å²) in [6.07, 6.45) is 3.29. The molecule has 122 valence electrons. The van der Waals surface area contributed by atoms with Gasteiger partial charge in [-0.15, -0.1) is 0 Å². The van der Waals surface area contributed by atoms with Gasteiger partial charge in [0.25, 0.3) is 0 Å². The van der Waals surface area contributed by atoms with E-state index in [-0.39, 0.29) is 5.54 Å². The molecule has 0 fully saturated rings. The highest BCUT2D eigenvalue weighted by Crippen LogP contribution is 2.21. The standard InChI is InChI=1S/C18H30N4/c1-4-18(5-2,14-21-17-19-12-9-13-20-17)22-15(3)16-10-7-6-8-11-16/h6-8,10-11,15,22H,4-5,9,12-14H2,1-3H3,(H2,19,20,21). The fourth-order valence-electron chi connectivity index (χ4n) is 2.94. The van der Waals surface area contributed by atoms with Crippen LogP contribution in [0.1, 0.15) is 51.6 Å². The maximum absolute atomic E-state index is 4.51. The normalized spacial score (nSPS) is 16.6. The summed E-state index contributed by atoms with van der Waals surface area (Å²) in [5.41, 5.74) is 1.42. The molecule has 4 heteroatoms. The molecular formula is C18H30N4. The van der Waals surface area contributed by atoms with Crippen LogP contribution in [0.4, 0.5) is 0 Å². The Labute approximate surface area is 134 Å². The van der Waals surface area contributed by atoms with Crippen LogP contribution in [0, 0.1) is 0 Å². The lowest BCUT2D eigenvalue weighted by atomic mass is 9.90. The fraction of sp³-hybridized carbons (Fsp3) is 0.611. The first kappa shape index (κ1) is 16.8. The summed E-state index contributed by atoms with van der Waals surface area (Å²) in [5.74, 6) is 0.951. The lowest BCUT2D eigenvalue weighted by Crippen LogP contribution is -2.55. The fourth-order valence-corrected chi connectivity index (χ4v) is 2.94. The molecule has 1 aromatic rings. The third-order valence-corrected chi connectivity index (χ3v) is 4.67. The average molecular weight is 302 g/mol. The van der Waals surface area contributed by atoms with Gasteiger partial charge >= 0.3 is 0 Å². The van der Waals surface area contributed by atoms with Crippen molar-refractivity contribution in [1.29, 1.82) is 0 Å². The van der Waals surface area contributed by atoms with Crippen LogP contribution < -0.4 is 16.0 Å². The number of nitrogens with one attached hydrogen (secondary N) is 3. The maximum Gasteiger partial charge on any atom is 0.191 e. The molecule has 1 atom stereocenters. The molecule has 1 heterocycles. The van der Waals surface area contributed by atoms with E-state index >= 15 is 0 Å². The van der Waals surface area contributed by atoms with E-state index in [1.54, 1.807) is 0 Å². The van der Waals surface area contributed by atoms with Crippen molar-refractivity contribution < 1.29 is 0 Å². The highest BCUT2D eigenvalue weighted by molar-refractivity contribution is 5.80. The van der Waals surface area contributed by atoms with Crippen LogP contribution in [0.2, 0.25) is 0 Å². The van der Waals surface area contributed by atoms with E-state index < -0.39 is 0 Å². The van der Waals surface area contributed by atoms with E-state index in [0.717, 1.165) is 44.9 Å². The zero-order valence-corrected chi connectivity index (χ0v) is 14.2. The first-order chi connectivity index (χ1) is 10.7. The van der Waals surface area contributed by atoms with Gasteiger partial charge in [0.15, 0.2) is 5.96 Å². The Morgan fingerprint density at radius 3 is 2.55 bits per heavy atom. The summed E-state index contributed by atoms with van der Waals surface area (Å²) < 4.78 is 0. The smallest absolute Gasteiger partial charge is 0.191 e. The predicted octanol–water partition coefficient (Wildman–Crippen LogP) is 2.83. The molecule has 1 aliphatic rings. The number of hydrogen-bond acceptors (Lipinski definition) is 4. The topological polar surface area (TPSA) is 48.5 Å². The Morgan fingerprint density at radius 2 is 1.95 bits per heavy atom. The zero-order chi connectivity index (χ0) is 15.8. The average Bonchev–Trinajstić information content (AvgIpc) is 2.60. The van der Waals surface area contributed by atoms with Crippen molar-refractivity contribution in [2.45, 2.75) is 51.6 Å².